The maximum atomic E-state index is 12.4. The topological polar surface area (TPSA) is 88.4 Å². The summed E-state index contributed by atoms with van der Waals surface area (Å²) in [7, 11) is -3.52. The van der Waals surface area contributed by atoms with Crippen LogP contribution in [0.2, 0.25) is 0 Å². The molecule has 2 aromatic carbocycles. The number of benzene rings is 2. The number of rotatable bonds is 6. The largest absolute Gasteiger partial charge is 0.480 e. The van der Waals surface area contributed by atoms with E-state index in [-0.39, 0.29) is 17.5 Å². The van der Waals surface area contributed by atoms with Gasteiger partial charge in [-0.2, -0.15) is 0 Å². The molecule has 7 heteroatoms. The molecule has 1 heterocycles. The molecular formula is C19H18N2O4S. The Labute approximate surface area is 151 Å². The van der Waals surface area contributed by atoms with E-state index in [2.05, 4.69) is 4.72 Å². The van der Waals surface area contributed by atoms with Gasteiger partial charge >= 0.3 is 5.97 Å². The fraction of sp³-hybridized carbons (Fsp3) is 0.211. The molecule has 1 aromatic heterocycles. The van der Waals surface area contributed by atoms with Crippen molar-refractivity contribution in [2.45, 2.75) is 30.3 Å². The van der Waals surface area contributed by atoms with Crippen LogP contribution in [-0.2, 0) is 21.4 Å². The van der Waals surface area contributed by atoms with Crippen molar-refractivity contribution in [2.24, 2.45) is 0 Å². The molecule has 0 aliphatic heterocycles. The standard InChI is InChI=1S/C19H18N2O4S/c22-19(23)12-21-9-8-13-4-5-15(11-18(13)21)14-2-1-3-17(10-14)26(24,25)20-16-6-7-16/h1-5,8-11,16,20H,6-7,12H2,(H,22,23). The smallest absolute Gasteiger partial charge is 0.323 e. The van der Waals surface area contributed by atoms with Gasteiger partial charge in [0.1, 0.15) is 6.54 Å². The highest BCUT2D eigenvalue weighted by Gasteiger charge is 2.28. The number of aromatic nitrogens is 1. The lowest BCUT2D eigenvalue weighted by Gasteiger charge is -2.09. The lowest BCUT2D eigenvalue weighted by molar-refractivity contribution is -0.137. The summed E-state index contributed by atoms with van der Waals surface area (Å²) in [6.45, 7) is -0.118. The molecule has 1 aliphatic rings. The summed E-state index contributed by atoms with van der Waals surface area (Å²) in [5.41, 5.74) is 2.41. The van der Waals surface area contributed by atoms with Gasteiger partial charge in [0, 0.05) is 17.8 Å². The molecule has 4 rings (SSSR count). The predicted molar refractivity (Wildman–Crippen MR) is 98.4 cm³/mol. The average molecular weight is 370 g/mol. The third-order valence-electron chi connectivity index (χ3n) is 4.46. The van der Waals surface area contributed by atoms with Gasteiger partial charge in [0.25, 0.3) is 0 Å². The minimum Gasteiger partial charge on any atom is -0.480 e. The Bertz CT molecular complexity index is 1100. The molecule has 1 aliphatic carbocycles. The molecule has 2 N–H and O–H groups in total. The molecule has 1 saturated carbocycles. The van der Waals surface area contributed by atoms with E-state index in [4.69, 9.17) is 5.11 Å². The third kappa shape index (κ3) is 3.36. The van der Waals surface area contributed by atoms with E-state index in [0.717, 1.165) is 34.9 Å². The number of carboxylic acid groups (broad SMARTS) is 1. The molecule has 0 saturated heterocycles. The van der Waals surface area contributed by atoms with Gasteiger partial charge in [-0.3, -0.25) is 4.79 Å². The van der Waals surface area contributed by atoms with Crippen LogP contribution >= 0.6 is 0 Å². The van der Waals surface area contributed by atoms with Gasteiger partial charge in [0.05, 0.1) is 4.90 Å². The van der Waals surface area contributed by atoms with Crippen molar-refractivity contribution in [3.05, 3.63) is 54.7 Å². The normalized spacial score (nSPS) is 14.6. The summed E-state index contributed by atoms with van der Waals surface area (Å²) in [5, 5.41) is 9.98. The van der Waals surface area contributed by atoms with E-state index in [0.29, 0.717) is 0 Å². The number of carbonyl (C=O) groups is 1. The van der Waals surface area contributed by atoms with Crippen molar-refractivity contribution in [3.63, 3.8) is 0 Å². The van der Waals surface area contributed by atoms with Gasteiger partial charge < -0.3 is 9.67 Å². The van der Waals surface area contributed by atoms with Crippen LogP contribution in [0.5, 0.6) is 0 Å². The highest BCUT2D eigenvalue weighted by Crippen LogP contribution is 2.28. The zero-order chi connectivity index (χ0) is 18.3. The molecule has 0 radical (unpaired) electrons. The number of aliphatic carboxylic acids is 1. The van der Waals surface area contributed by atoms with E-state index in [1.807, 2.05) is 30.3 Å². The second-order valence-corrected chi connectivity index (χ2v) is 8.25. The molecule has 3 aromatic rings. The van der Waals surface area contributed by atoms with Gasteiger partial charge in [-0.25, -0.2) is 13.1 Å². The van der Waals surface area contributed by atoms with Crippen molar-refractivity contribution in [1.29, 1.82) is 0 Å². The van der Waals surface area contributed by atoms with Gasteiger partial charge in [-0.1, -0.05) is 24.3 Å². The molecule has 0 unspecified atom stereocenters. The summed E-state index contributed by atoms with van der Waals surface area (Å²) < 4.78 is 29.2. The van der Waals surface area contributed by atoms with Crippen molar-refractivity contribution in [1.82, 2.24) is 9.29 Å². The SMILES string of the molecule is O=C(O)Cn1ccc2ccc(-c3cccc(S(=O)(=O)NC4CC4)c3)cc21. The number of carboxylic acids is 1. The van der Waals surface area contributed by atoms with Crippen LogP contribution in [0.25, 0.3) is 22.0 Å². The van der Waals surface area contributed by atoms with Crippen LogP contribution in [0.4, 0.5) is 0 Å². The van der Waals surface area contributed by atoms with E-state index in [1.54, 1.807) is 29.0 Å². The number of hydrogen-bond donors (Lipinski definition) is 2. The van der Waals surface area contributed by atoms with Crippen molar-refractivity contribution in [3.8, 4) is 11.1 Å². The van der Waals surface area contributed by atoms with Crippen LogP contribution in [0, 0.1) is 0 Å². The Morgan fingerprint density at radius 3 is 2.62 bits per heavy atom. The summed E-state index contributed by atoms with van der Waals surface area (Å²) in [5.74, 6) is -0.910. The van der Waals surface area contributed by atoms with E-state index in [9.17, 15) is 13.2 Å². The molecule has 26 heavy (non-hydrogen) atoms. The summed E-state index contributed by atoms with van der Waals surface area (Å²) >= 11 is 0. The third-order valence-corrected chi connectivity index (χ3v) is 5.97. The van der Waals surface area contributed by atoms with Gasteiger partial charge in [0.15, 0.2) is 0 Å². The highest BCUT2D eigenvalue weighted by atomic mass is 32.2. The maximum Gasteiger partial charge on any atom is 0.323 e. The molecule has 0 spiro atoms. The molecule has 134 valence electrons. The molecule has 1 fully saturated rings. The van der Waals surface area contributed by atoms with E-state index < -0.39 is 16.0 Å². The Morgan fingerprint density at radius 2 is 1.88 bits per heavy atom. The maximum absolute atomic E-state index is 12.4. The fourth-order valence-corrected chi connectivity index (χ4v) is 4.33. The second kappa shape index (κ2) is 6.26. The zero-order valence-corrected chi connectivity index (χ0v) is 14.7. The Morgan fingerprint density at radius 1 is 1.12 bits per heavy atom. The number of fused-ring (bicyclic) bond motifs is 1. The highest BCUT2D eigenvalue weighted by molar-refractivity contribution is 7.89. The zero-order valence-electron chi connectivity index (χ0n) is 13.9. The minimum absolute atomic E-state index is 0.0549. The monoisotopic (exact) mass is 370 g/mol. The summed E-state index contributed by atoms with van der Waals surface area (Å²) in [4.78, 5) is 11.3. The lowest BCUT2D eigenvalue weighted by Crippen LogP contribution is -2.25. The molecule has 0 bridgehead atoms. The predicted octanol–water partition coefficient (Wildman–Crippen LogP) is 2.83. The lowest BCUT2D eigenvalue weighted by atomic mass is 10.0. The quantitative estimate of drug-likeness (QED) is 0.698. The fourth-order valence-electron chi connectivity index (χ4n) is 2.98. The van der Waals surface area contributed by atoms with Gasteiger partial charge in [-0.15, -0.1) is 0 Å². The van der Waals surface area contributed by atoms with E-state index in [1.165, 1.54) is 0 Å². The second-order valence-electron chi connectivity index (χ2n) is 6.53. The Kier molecular flexibility index (Phi) is 4.05. The summed E-state index contributed by atoms with van der Waals surface area (Å²) in [6, 6.07) is 14.4. The van der Waals surface area contributed by atoms with E-state index >= 15 is 0 Å². The van der Waals surface area contributed by atoms with Crippen molar-refractivity contribution < 1.29 is 18.3 Å². The first-order valence-electron chi connectivity index (χ1n) is 8.36. The van der Waals surface area contributed by atoms with Gasteiger partial charge in [0.2, 0.25) is 10.0 Å². The number of sulfonamides is 1. The van der Waals surface area contributed by atoms with Crippen LogP contribution < -0.4 is 4.72 Å². The molecule has 6 nitrogen and oxygen atoms in total. The van der Waals surface area contributed by atoms with Crippen LogP contribution in [-0.4, -0.2) is 30.1 Å². The average Bonchev–Trinajstić information content (AvgIpc) is 3.33. The van der Waals surface area contributed by atoms with Crippen LogP contribution in [0.1, 0.15) is 12.8 Å². The number of nitrogens with zero attached hydrogens (tertiary/aromatic N) is 1. The molecule has 0 amide bonds. The summed E-state index contributed by atoms with van der Waals surface area (Å²) in [6.07, 6.45) is 3.51. The molecule has 0 atom stereocenters. The van der Waals surface area contributed by atoms with Crippen molar-refractivity contribution >= 4 is 26.9 Å². The Hall–Kier alpha value is -2.64. The first-order valence-corrected chi connectivity index (χ1v) is 9.84. The first kappa shape index (κ1) is 16.8. The van der Waals surface area contributed by atoms with Gasteiger partial charge in [-0.05, 0) is 53.6 Å². The first-order chi connectivity index (χ1) is 12.4. The number of hydrogen-bond acceptors (Lipinski definition) is 3. The Balaban J connectivity index is 1.73. The number of nitrogens with one attached hydrogen (secondary N) is 1. The molecular weight excluding hydrogens is 352 g/mol. The van der Waals surface area contributed by atoms with Crippen LogP contribution in [0.3, 0.4) is 0 Å². The van der Waals surface area contributed by atoms with Crippen LogP contribution in [0.15, 0.2) is 59.6 Å². The van der Waals surface area contributed by atoms with Crippen molar-refractivity contribution in [2.75, 3.05) is 0 Å². The minimum atomic E-state index is -3.52.